The number of ether oxygens (including phenoxy) is 1. The highest BCUT2D eigenvalue weighted by molar-refractivity contribution is 7.96. The Bertz CT molecular complexity index is 282. The highest BCUT2D eigenvalue weighted by Crippen LogP contribution is 2.03. The van der Waals surface area contributed by atoms with E-state index in [2.05, 4.69) is 17.4 Å². The smallest absolute Gasteiger partial charge is 0.313 e. The minimum Gasteiger partial charge on any atom is -0.481 e. The van der Waals surface area contributed by atoms with Crippen molar-refractivity contribution in [2.75, 3.05) is 0 Å². The van der Waals surface area contributed by atoms with E-state index in [1.807, 2.05) is 0 Å². The number of thiol groups is 1. The van der Waals surface area contributed by atoms with Gasteiger partial charge in [-0.3, -0.25) is 19.2 Å². The quantitative estimate of drug-likeness (QED) is 0.384. The minimum absolute atomic E-state index is 0.0308. The zero-order valence-electron chi connectivity index (χ0n) is 9.18. The molecule has 0 saturated heterocycles. The molecule has 0 aromatic heterocycles. The molecule has 0 heterocycles. The minimum atomic E-state index is -1.00. The number of carboxylic acid groups (broad SMARTS) is 1. The lowest BCUT2D eigenvalue weighted by Gasteiger charge is -2.01. The highest BCUT2D eigenvalue weighted by Gasteiger charge is 2.11. The fourth-order valence-corrected chi connectivity index (χ4v) is 1.16. The first-order valence-electron chi connectivity index (χ1n) is 5.09. The van der Waals surface area contributed by atoms with Gasteiger partial charge >= 0.3 is 17.9 Å². The largest absolute Gasteiger partial charge is 0.481 e. The van der Waals surface area contributed by atoms with Gasteiger partial charge in [-0.05, 0) is 12.8 Å². The van der Waals surface area contributed by atoms with Crippen LogP contribution in [0.5, 0.6) is 0 Å². The standard InChI is InChI=1S/C10H14O6S/c11-7(12)3-1-4-8(13)16-9(14)5-2-6-10(15)17/h1-6H2,(H,11,12)(H,15,17). The maximum absolute atomic E-state index is 11.0. The van der Waals surface area contributed by atoms with Crippen molar-refractivity contribution >= 4 is 35.7 Å². The van der Waals surface area contributed by atoms with Crippen LogP contribution in [0.3, 0.4) is 0 Å². The molecule has 0 saturated carbocycles. The average Bonchev–Trinajstić information content (AvgIpc) is 2.15. The third-order valence-electron chi connectivity index (χ3n) is 1.77. The van der Waals surface area contributed by atoms with Crippen molar-refractivity contribution in [1.82, 2.24) is 0 Å². The van der Waals surface area contributed by atoms with E-state index in [1.165, 1.54) is 0 Å². The predicted octanol–water partition coefficient (Wildman–Crippen LogP) is 0.938. The molecule has 0 atom stereocenters. The van der Waals surface area contributed by atoms with Crippen molar-refractivity contribution in [1.29, 1.82) is 0 Å². The van der Waals surface area contributed by atoms with E-state index in [-0.39, 0.29) is 43.6 Å². The summed E-state index contributed by atoms with van der Waals surface area (Å²) in [6.07, 6.45) is 0.281. The monoisotopic (exact) mass is 262 g/mol. The van der Waals surface area contributed by atoms with Crippen molar-refractivity contribution < 1.29 is 29.0 Å². The lowest BCUT2D eigenvalue weighted by Crippen LogP contribution is -2.12. The first-order valence-corrected chi connectivity index (χ1v) is 5.53. The summed E-state index contributed by atoms with van der Waals surface area (Å²) in [5.41, 5.74) is 0. The Morgan fingerprint density at radius 3 is 1.76 bits per heavy atom. The number of hydrogen-bond acceptors (Lipinski definition) is 5. The first kappa shape index (κ1) is 15.6. The number of carboxylic acids is 1. The molecule has 0 amide bonds. The SMILES string of the molecule is O=C(O)CCCC(=O)OC(=O)CCCC(=O)S. The molecule has 0 fully saturated rings. The van der Waals surface area contributed by atoms with Crippen LogP contribution >= 0.6 is 12.6 Å². The number of rotatable bonds is 8. The summed E-state index contributed by atoms with van der Waals surface area (Å²) in [5.74, 6) is -2.45. The van der Waals surface area contributed by atoms with Crippen LogP contribution in [0.2, 0.25) is 0 Å². The molecule has 0 aliphatic carbocycles. The summed E-state index contributed by atoms with van der Waals surface area (Å²) in [6, 6.07) is 0. The molecule has 17 heavy (non-hydrogen) atoms. The van der Waals surface area contributed by atoms with Crippen LogP contribution in [0.1, 0.15) is 38.5 Å². The van der Waals surface area contributed by atoms with Gasteiger partial charge in [0.1, 0.15) is 0 Å². The lowest BCUT2D eigenvalue weighted by molar-refractivity contribution is -0.159. The molecule has 0 unspecified atom stereocenters. The molecular formula is C10H14O6S. The van der Waals surface area contributed by atoms with Gasteiger partial charge in [-0.2, -0.15) is 0 Å². The molecule has 6 nitrogen and oxygen atoms in total. The summed E-state index contributed by atoms with van der Waals surface area (Å²) in [4.78, 5) is 42.6. The zero-order chi connectivity index (χ0) is 13.3. The zero-order valence-corrected chi connectivity index (χ0v) is 10.1. The number of esters is 2. The van der Waals surface area contributed by atoms with Gasteiger partial charge in [-0.25, -0.2) is 0 Å². The number of carbonyl (C=O) groups excluding carboxylic acids is 3. The van der Waals surface area contributed by atoms with Gasteiger partial charge in [-0.1, -0.05) is 0 Å². The number of hydrogen-bond donors (Lipinski definition) is 2. The van der Waals surface area contributed by atoms with Crippen molar-refractivity contribution in [3.63, 3.8) is 0 Å². The van der Waals surface area contributed by atoms with Crippen LogP contribution in [0, 0.1) is 0 Å². The maximum Gasteiger partial charge on any atom is 0.313 e. The summed E-state index contributed by atoms with van der Waals surface area (Å²) >= 11 is 3.52. The second kappa shape index (κ2) is 8.74. The lowest BCUT2D eigenvalue weighted by atomic mass is 10.2. The molecule has 0 radical (unpaired) electrons. The van der Waals surface area contributed by atoms with Crippen LogP contribution in [-0.4, -0.2) is 28.1 Å². The Labute approximate surface area is 104 Å². The van der Waals surface area contributed by atoms with E-state index in [0.29, 0.717) is 0 Å². The van der Waals surface area contributed by atoms with Crippen molar-refractivity contribution in [2.24, 2.45) is 0 Å². The van der Waals surface area contributed by atoms with Gasteiger partial charge < -0.3 is 9.84 Å². The van der Waals surface area contributed by atoms with E-state index in [4.69, 9.17) is 5.11 Å². The van der Waals surface area contributed by atoms with Gasteiger partial charge in [-0.15, -0.1) is 12.6 Å². The van der Waals surface area contributed by atoms with Crippen LogP contribution < -0.4 is 0 Å². The van der Waals surface area contributed by atoms with Crippen LogP contribution in [0.15, 0.2) is 0 Å². The second-order valence-electron chi connectivity index (χ2n) is 3.34. The Kier molecular flexibility index (Phi) is 8.04. The molecule has 96 valence electrons. The molecule has 0 aromatic rings. The Hall–Kier alpha value is -1.37. The summed E-state index contributed by atoms with van der Waals surface area (Å²) in [5, 5.41) is 7.99. The van der Waals surface area contributed by atoms with Gasteiger partial charge in [0.2, 0.25) is 0 Å². The molecule has 7 heteroatoms. The first-order chi connectivity index (χ1) is 7.91. The fourth-order valence-electron chi connectivity index (χ4n) is 0.997. The van der Waals surface area contributed by atoms with E-state index in [1.54, 1.807) is 0 Å². The summed E-state index contributed by atoms with van der Waals surface area (Å²) in [7, 11) is 0. The van der Waals surface area contributed by atoms with E-state index in [0.717, 1.165) is 0 Å². The topological polar surface area (TPSA) is 97.7 Å². The molecule has 0 aliphatic heterocycles. The molecule has 0 aromatic carbocycles. The molecule has 0 spiro atoms. The van der Waals surface area contributed by atoms with Crippen LogP contribution in [0.4, 0.5) is 0 Å². The summed E-state index contributed by atoms with van der Waals surface area (Å²) < 4.78 is 4.41. The van der Waals surface area contributed by atoms with Gasteiger partial charge in [0.05, 0.1) is 0 Å². The highest BCUT2D eigenvalue weighted by atomic mass is 32.1. The van der Waals surface area contributed by atoms with Gasteiger partial charge in [0.15, 0.2) is 5.12 Å². The van der Waals surface area contributed by atoms with Gasteiger partial charge in [0, 0.05) is 25.7 Å². The molecular weight excluding hydrogens is 248 g/mol. The van der Waals surface area contributed by atoms with Crippen molar-refractivity contribution in [3.8, 4) is 0 Å². The van der Waals surface area contributed by atoms with Crippen molar-refractivity contribution in [3.05, 3.63) is 0 Å². The predicted molar refractivity (Wildman–Crippen MR) is 60.4 cm³/mol. The molecule has 1 N–H and O–H groups in total. The van der Waals surface area contributed by atoms with Crippen molar-refractivity contribution in [2.45, 2.75) is 38.5 Å². The molecule has 0 rings (SSSR count). The number of carbonyl (C=O) groups is 4. The third kappa shape index (κ3) is 10.9. The Balaban J connectivity index is 3.62. The normalized spacial score (nSPS) is 9.71. The molecule has 0 bridgehead atoms. The fraction of sp³-hybridized carbons (Fsp3) is 0.600. The van der Waals surface area contributed by atoms with Crippen LogP contribution in [-0.2, 0) is 23.9 Å². The van der Waals surface area contributed by atoms with E-state index < -0.39 is 17.9 Å². The molecule has 0 aliphatic rings. The third-order valence-corrected chi connectivity index (χ3v) is 1.99. The Morgan fingerprint density at radius 2 is 1.35 bits per heavy atom. The Morgan fingerprint density at radius 1 is 0.882 bits per heavy atom. The van der Waals surface area contributed by atoms with Gasteiger partial charge in [0.25, 0.3) is 0 Å². The van der Waals surface area contributed by atoms with Crippen LogP contribution in [0.25, 0.3) is 0 Å². The second-order valence-corrected chi connectivity index (χ2v) is 3.84. The van der Waals surface area contributed by atoms with E-state index >= 15 is 0 Å². The number of aliphatic carboxylic acids is 1. The average molecular weight is 262 g/mol. The van der Waals surface area contributed by atoms with E-state index in [9.17, 15) is 19.2 Å². The summed E-state index contributed by atoms with van der Waals surface area (Å²) in [6.45, 7) is 0. The maximum atomic E-state index is 11.0.